The lowest BCUT2D eigenvalue weighted by molar-refractivity contribution is -0.115. The van der Waals surface area contributed by atoms with Crippen LogP contribution >= 0.6 is 23.1 Å². The lowest BCUT2D eigenvalue weighted by Gasteiger charge is -2.02. The van der Waals surface area contributed by atoms with Gasteiger partial charge in [0.2, 0.25) is 5.91 Å². The van der Waals surface area contributed by atoms with Crippen LogP contribution in [0.25, 0.3) is 10.2 Å². The van der Waals surface area contributed by atoms with Gasteiger partial charge in [0.25, 0.3) is 0 Å². The van der Waals surface area contributed by atoms with Crippen LogP contribution in [0.3, 0.4) is 0 Å². The van der Waals surface area contributed by atoms with Crippen LogP contribution in [0, 0.1) is 19.7 Å². The number of nitrogens with one attached hydrogen (secondary N) is 1. The number of carbonyl (C=O) groups is 1. The molecule has 124 valence electrons. The highest BCUT2D eigenvalue weighted by Gasteiger charge is 2.11. The molecule has 0 unspecified atom stereocenters. The summed E-state index contributed by atoms with van der Waals surface area (Å²) in [5, 5.41) is 3.51. The van der Waals surface area contributed by atoms with E-state index in [0.717, 1.165) is 20.7 Å². The molecule has 2 aromatic carbocycles. The highest BCUT2D eigenvalue weighted by molar-refractivity contribution is 7.99. The van der Waals surface area contributed by atoms with Crippen LogP contribution in [-0.2, 0) is 4.79 Å². The Balaban J connectivity index is 1.58. The summed E-state index contributed by atoms with van der Waals surface area (Å²) < 4.78 is 14.0. The predicted octanol–water partition coefficient (Wildman–Crippen LogP) is 5.17. The first-order chi connectivity index (χ1) is 11.5. The molecule has 0 aliphatic heterocycles. The Morgan fingerprint density at radius 3 is 2.58 bits per heavy atom. The fourth-order valence-electron chi connectivity index (χ4n) is 2.29. The van der Waals surface area contributed by atoms with Gasteiger partial charge in [-0.05, 0) is 49.2 Å². The molecular formula is C18H17FN2OS2. The molecule has 0 aliphatic carbocycles. The van der Waals surface area contributed by atoms with Crippen molar-refractivity contribution in [2.24, 2.45) is 0 Å². The molecule has 1 N–H and O–H groups in total. The van der Waals surface area contributed by atoms with Crippen molar-refractivity contribution in [1.82, 2.24) is 4.98 Å². The molecule has 3 nitrogen and oxygen atoms in total. The number of aryl methyl sites for hydroxylation is 2. The van der Waals surface area contributed by atoms with Crippen LogP contribution < -0.4 is 5.32 Å². The van der Waals surface area contributed by atoms with Gasteiger partial charge in [-0.2, -0.15) is 0 Å². The average Bonchev–Trinajstić information content (AvgIpc) is 2.98. The quantitative estimate of drug-likeness (QED) is 0.638. The fourth-order valence-corrected chi connectivity index (χ4v) is 4.17. The Bertz CT molecular complexity index is 836. The molecule has 1 heterocycles. The Morgan fingerprint density at radius 1 is 1.17 bits per heavy atom. The molecule has 1 amide bonds. The Hall–Kier alpha value is -1.92. The average molecular weight is 360 g/mol. The Morgan fingerprint density at radius 2 is 1.88 bits per heavy atom. The number of hydrogen-bond acceptors (Lipinski definition) is 4. The summed E-state index contributed by atoms with van der Waals surface area (Å²) in [5.74, 6) is 0.331. The van der Waals surface area contributed by atoms with E-state index in [1.807, 2.05) is 19.9 Å². The molecule has 0 aliphatic rings. The number of aromatic nitrogens is 1. The summed E-state index contributed by atoms with van der Waals surface area (Å²) in [5.41, 5.74) is 3.23. The topological polar surface area (TPSA) is 42.0 Å². The maximum atomic E-state index is 12.8. The highest BCUT2D eigenvalue weighted by Crippen LogP contribution is 2.31. The van der Waals surface area contributed by atoms with Gasteiger partial charge in [-0.25, -0.2) is 9.37 Å². The van der Waals surface area contributed by atoms with E-state index in [9.17, 15) is 9.18 Å². The lowest BCUT2D eigenvalue weighted by atomic mass is 10.1. The van der Waals surface area contributed by atoms with Crippen molar-refractivity contribution in [2.45, 2.75) is 25.2 Å². The van der Waals surface area contributed by atoms with Gasteiger partial charge >= 0.3 is 0 Å². The van der Waals surface area contributed by atoms with Gasteiger partial charge < -0.3 is 5.32 Å². The van der Waals surface area contributed by atoms with E-state index in [4.69, 9.17) is 0 Å². The molecule has 0 atom stereocenters. The number of nitrogens with zero attached hydrogens (tertiary/aromatic N) is 1. The summed E-state index contributed by atoms with van der Waals surface area (Å²) in [6.07, 6.45) is 0.385. The first kappa shape index (κ1) is 16.9. The number of benzene rings is 2. The molecule has 1 aromatic heterocycles. The van der Waals surface area contributed by atoms with Crippen molar-refractivity contribution < 1.29 is 9.18 Å². The fraction of sp³-hybridized carbons (Fsp3) is 0.222. The van der Waals surface area contributed by atoms with E-state index in [1.54, 1.807) is 12.1 Å². The minimum Gasteiger partial charge on any atom is -0.302 e. The molecule has 0 bridgehead atoms. The molecule has 0 fully saturated rings. The van der Waals surface area contributed by atoms with E-state index < -0.39 is 0 Å². The van der Waals surface area contributed by atoms with Gasteiger partial charge in [0, 0.05) is 17.1 Å². The van der Waals surface area contributed by atoms with Gasteiger partial charge in [-0.15, -0.1) is 11.8 Å². The number of rotatable bonds is 5. The zero-order valence-corrected chi connectivity index (χ0v) is 15.1. The van der Waals surface area contributed by atoms with Gasteiger partial charge in [0.1, 0.15) is 5.82 Å². The first-order valence-electron chi connectivity index (χ1n) is 7.58. The Kier molecular flexibility index (Phi) is 5.16. The smallest absolute Gasteiger partial charge is 0.226 e. The van der Waals surface area contributed by atoms with E-state index in [-0.39, 0.29) is 11.7 Å². The lowest BCUT2D eigenvalue weighted by Crippen LogP contribution is -2.11. The molecule has 0 radical (unpaired) electrons. The predicted molar refractivity (Wildman–Crippen MR) is 99.5 cm³/mol. The zero-order chi connectivity index (χ0) is 17.1. The number of amides is 1. The van der Waals surface area contributed by atoms with Crippen molar-refractivity contribution >= 4 is 44.4 Å². The van der Waals surface area contributed by atoms with E-state index in [0.29, 0.717) is 17.3 Å². The number of halogens is 1. The van der Waals surface area contributed by atoms with Crippen LogP contribution in [0.5, 0.6) is 0 Å². The second-order valence-electron chi connectivity index (χ2n) is 5.50. The summed E-state index contributed by atoms with van der Waals surface area (Å²) in [6.45, 7) is 4.07. The van der Waals surface area contributed by atoms with Crippen molar-refractivity contribution in [2.75, 3.05) is 11.1 Å². The maximum Gasteiger partial charge on any atom is 0.226 e. The zero-order valence-electron chi connectivity index (χ0n) is 13.4. The van der Waals surface area contributed by atoms with Crippen LogP contribution in [0.15, 0.2) is 41.3 Å². The largest absolute Gasteiger partial charge is 0.302 e. The van der Waals surface area contributed by atoms with Gasteiger partial charge in [-0.3, -0.25) is 4.79 Å². The van der Waals surface area contributed by atoms with Crippen LogP contribution in [-0.4, -0.2) is 16.6 Å². The third-order valence-electron chi connectivity index (χ3n) is 3.60. The molecule has 0 saturated carbocycles. The second-order valence-corrected chi connectivity index (χ2v) is 7.66. The van der Waals surface area contributed by atoms with Gasteiger partial charge in [0.05, 0.1) is 10.2 Å². The monoisotopic (exact) mass is 360 g/mol. The third kappa shape index (κ3) is 3.94. The molecular weight excluding hydrogens is 343 g/mol. The molecule has 0 spiro atoms. The summed E-state index contributed by atoms with van der Waals surface area (Å²) in [4.78, 5) is 17.6. The van der Waals surface area contributed by atoms with Crippen molar-refractivity contribution in [3.05, 3.63) is 53.3 Å². The summed E-state index contributed by atoms with van der Waals surface area (Å²) in [7, 11) is 0. The minimum absolute atomic E-state index is 0.0565. The molecule has 0 saturated heterocycles. The number of thiazole rings is 1. The number of fused-ring (bicyclic) bond motifs is 1. The second kappa shape index (κ2) is 7.32. The van der Waals surface area contributed by atoms with Gasteiger partial charge in [-0.1, -0.05) is 23.5 Å². The SMILES string of the molecule is Cc1ccc(C)c2sc(NC(=O)CCSc3ccc(F)cc3)nc12. The van der Waals surface area contributed by atoms with Crippen molar-refractivity contribution in [3.8, 4) is 0 Å². The molecule has 3 aromatic rings. The third-order valence-corrected chi connectivity index (χ3v) is 5.72. The number of anilines is 1. The first-order valence-corrected chi connectivity index (χ1v) is 9.38. The van der Waals surface area contributed by atoms with Crippen LogP contribution in [0.2, 0.25) is 0 Å². The van der Waals surface area contributed by atoms with Crippen LogP contribution in [0.4, 0.5) is 9.52 Å². The molecule has 3 rings (SSSR count). The highest BCUT2D eigenvalue weighted by atomic mass is 32.2. The number of thioether (sulfide) groups is 1. The van der Waals surface area contributed by atoms with E-state index >= 15 is 0 Å². The normalized spacial score (nSPS) is 11.0. The molecule has 24 heavy (non-hydrogen) atoms. The minimum atomic E-state index is -0.251. The van der Waals surface area contributed by atoms with Crippen LogP contribution in [0.1, 0.15) is 17.5 Å². The van der Waals surface area contributed by atoms with Gasteiger partial charge in [0.15, 0.2) is 5.13 Å². The molecule has 6 heteroatoms. The number of carbonyl (C=O) groups excluding carboxylic acids is 1. The summed E-state index contributed by atoms with van der Waals surface area (Å²) in [6, 6.07) is 10.4. The maximum absolute atomic E-state index is 12.8. The van der Waals surface area contributed by atoms with E-state index in [2.05, 4.69) is 16.4 Å². The standard InChI is InChI=1S/C18H17FN2OS2/c1-11-3-4-12(2)17-16(11)21-18(24-17)20-15(22)9-10-23-14-7-5-13(19)6-8-14/h3-8H,9-10H2,1-2H3,(H,20,21,22). The van der Waals surface area contributed by atoms with E-state index in [1.165, 1.54) is 40.8 Å². The van der Waals surface area contributed by atoms with Crippen molar-refractivity contribution in [3.63, 3.8) is 0 Å². The van der Waals surface area contributed by atoms with Crippen molar-refractivity contribution in [1.29, 1.82) is 0 Å². The summed E-state index contributed by atoms with van der Waals surface area (Å²) >= 11 is 3.04. The Labute approximate surface area is 148 Å². The number of hydrogen-bond donors (Lipinski definition) is 1.